The maximum Gasteiger partial charge on any atom is 0.251 e. The van der Waals surface area contributed by atoms with Crippen LogP contribution in [0.5, 0.6) is 5.75 Å². The van der Waals surface area contributed by atoms with Gasteiger partial charge in [-0.2, -0.15) is 5.06 Å². The standard InChI is InChI=1S/C48H67N5O6/c1-8-58-45-33(27-53-44(43(31(3)55)42(29-54)59-53)47(57)50-41-26-36-25-40(30(41)2)48(36,4)5)17-14-18-39(45)34-22-35(24-38(23-34)51(6)7)46(56)49-37(28-52-19-12-13-20-52)21-32-15-10-9-11-16-32/h9-11,14-18,22-24,30-31,36-37,40-44,54-55H,8,12-13,19-21,25-29H2,1-7H3,(H,49,56)(H,50,57)/t30-,31?,36+,37-,40-,41-,42-,43?,44-/m0/s1. The zero-order valence-electron chi connectivity index (χ0n) is 36.2. The van der Waals surface area contributed by atoms with E-state index in [1.54, 1.807) is 12.0 Å². The summed E-state index contributed by atoms with van der Waals surface area (Å²) in [5.41, 5.74) is 5.32. The zero-order chi connectivity index (χ0) is 42.0. The quantitative estimate of drug-likeness (QED) is 0.140. The lowest BCUT2D eigenvalue weighted by molar-refractivity contribution is -0.183. The number of nitrogens with zero attached hydrogens (tertiary/aromatic N) is 3. The van der Waals surface area contributed by atoms with Crippen molar-refractivity contribution in [1.29, 1.82) is 0 Å². The molecule has 0 aromatic heterocycles. The molecule has 5 fully saturated rings. The first-order valence-electron chi connectivity index (χ1n) is 22.0. The largest absolute Gasteiger partial charge is 0.493 e. The van der Waals surface area contributed by atoms with Crippen molar-refractivity contribution in [2.45, 2.75) is 104 Å². The number of ether oxygens (including phenoxy) is 1. The van der Waals surface area contributed by atoms with E-state index in [1.807, 2.05) is 74.4 Å². The summed E-state index contributed by atoms with van der Waals surface area (Å²) in [4.78, 5) is 39.5. The summed E-state index contributed by atoms with van der Waals surface area (Å²) in [5, 5.41) is 29.9. The average molecular weight is 810 g/mol. The van der Waals surface area contributed by atoms with E-state index in [2.05, 4.69) is 54.5 Å². The van der Waals surface area contributed by atoms with Crippen LogP contribution >= 0.6 is 0 Å². The van der Waals surface area contributed by atoms with E-state index in [0.717, 1.165) is 54.9 Å². The monoisotopic (exact) mass is 810 g/mol. The highest BCUT2D eigenvalue weighted by Crippen LogP contribution is 2.61. The van der Waals surface area contributed by atoms with Gasteiger partial charge in [-0.3, -0.25) is 14.4 Å². The number of carbonyl (C=O) groups excluding carboxylic acids is 2. The summed E-state index contributed by atoms with van der Waals surface area (Å²) < 4.78 is 6.43. The fourth-order valence-corrected chi connectivity index (χ4v) is 10.7. The van der Waals surface area contributed by atoms with E-state index in [4.69, 9.17) is 9.57 Å². The number of amides is 2. The van der Waals surface area contributed by atoms with Crippen LogP contribution in [0.4, 0.5) is 5.69 Å². The van der Waals surface area contributed by atoms with Gasteiger partial charge in [0.05, 0.1) is 25.9 Å². The van der Waals surface area contributed by atoms with Crippen LogP contribution in [0.25, 0.3) is 11.1 Å². The number of aliphatic hydroxyl groups excluding tert-OH is 2. The second kappa shape index (κ2) is 18.3. The van der Waals surface area contributed by atoms with Gasteiger partial charge in [0.1, 0.15) is 17.9 Å². The molecule has 0 spiro atoms. The maximum absolute atomic E-state index is 14.4. The maximum atomic E-state index is 14.4. The van der Waals surface area contributed by atoms with Crippen LogP contribution < -0.4 is 20.3 Å². The van der Waals surface area contributed by atoms with Crippen molar-refractivity contribution in [3.05, 3.63) is 83.4 Å². The molecular formula is C48H67N5O6. The zero-order valence-corrected chi connectivity index (χ0v) is 36.2. The molecule has 3 aromatic rings. The number of nitrogens with one attached hydrogen (secondary N) is 2. The summed E-state index contributed by atoms with van der Waals surface area (Å²) >= 11 is 0. The molecule has 320 valence electrons. The smallest absolute Gasteiger partial charge is 0.251 e. The molecule has 3 aliphatic carbocycles. The lowest BCUT2D eigenvalue weighted by Gasteiger charge is -2.62. The molecule has 2 aliphatic heterocycles. The molecule has 9 atom stereocenters. The Labute approximate surface area is 351 Å². The number of anilines is 1. The summed E-state index contributed by atoms with van der Waals surface area (Å²) in [6, 6.07) is 21.3. The minimum atomic E-state index is -0.900. The normalized spacial score (nSPS) is 27.4. The minimum Gasteiger partial charge on any atom is -0.493 e. The molecule has 2 saturated heterocycles. The van der Waals surface area contributed by atoms with E-state index in [0.29, 0.717) is 35.7 Å². The SMILES string of the molecule is CCOc1c(CN2O[C@@H](CO)C(C(C)O)[C@H]2C(=O)N[C@H]2C[C@H]3C[C@@H]([C@@H]2C)C3(C)C)cccc1-c1cc(C(=O)N[C@@H](Cc2ccccc2)CN2CCCC2)cc(N(C)C)c1. The van der Waals surface area contributed by atoms with Crippen molar-refractivity contribution in [2.75, 3.05) is 51.8 Å². The van der Waals surface area contributed by atoms with Crippen molar-refractivity contribution in [3.63, 3.8) is 0 Å². The number of benzene rings is 3. The molecule has 0 radical (unpaired) electrons. The Kier molecular flexibility index (Phi) is 13.4. The Morgan fingerprint density at radius 1 is 1.03 bits per heavy atom. The Morgan fingerprint density at radius 3 is 2.42 bits per heavy atom. The number of para-hydroxylation sites is 1. The van der Waals surface area contributed by atoms with Gasteiger partial charge < -0.3 is 35.4 Å². The Hall–Kier alpha value is -4.00. The van der Waals surface area contributed by atoms with Gasteiger partial charge in [0.2, 0.25) is 5.91 Å². The molecule has 11 heteroatoms. The van der Waals surface area contributed by atoms with Gasteiger partial charge in [0.25, 0.3) is 5.91 Å². The Balaban J connectivity index is 1.17. The van der Waals surface area contributed by atoms with Crippen LogP contribution in [0, 0.1) is 29.1 Å². The van der Waals surface area contributed by atoms with Crippen LogP contribution in [-0.4, -0.2) is 109 Å². The minimum absolute atomic E-state index is 0.0375. The van der Waals surface area contributed by atoms with E-state index in [-0.39, 0.29) is 42.5 Å². The molecule has 5 aliphatic rings. The van der Waals surface area contributed by atoms with Gasteiger partial charge in [-0.1, -0.05) is 69.3 Å². The molecule has 3 saturated carbocycles. The number of hydrogen-bond donors (Lipinski definition) is 4. The van der Waals surface area contributed by atoms with Crippen molar-refractivity contribution in [3.8, 4) is 16.9 Å². The first-order chi connectivity index (χ1) is 28.3. The van der Waals surface area contributed by atoms with E-state index in [9.17, 15) is 19.8 Å². The Morgan fingerprint density at radius 2 is 1.78 bits per heavy atom. The summed E-state index contributed by atoms with van der Waals surface area (Å²) in [5.74, 6) is 1.12. The van der Waals surface area contributed by atoms with Crippen molar-refractivity contribution in [1.82, 2.24) is 20.6 Å². The van der Waals surface area contributed by atoms with E-state index < -0.39 is 24.2 Å². The Bertz CT molecular complexity index is 1910. The molecule has 8 rings (SSSR count). The van der Waals surface area contributed by atoms with E-state index >= 15 is 0 Å². The van der Waals surface area contributed by atoms with Crippen molar-refractivity contribution in [2.24, 2.45) is 29.1 Å². The first-order valence-corrected chi connectivity index (χ1v) is 22.0. The second-order valence-corrected chi connectivity index (χ2v) is 18.5. The fourth-order valence-electron chi connectivity index (χ4n) is 10.7. The van der Waals surface area contributed by atoms with Crippen molar-refractivity contribution >= 4 is 17.5 Å². The number of fused-ring (bicyclic) bond motifs is 2. The van der Waals surface area contributed by atoms with Gasteiger partial charge in [-0.05, 0) is 112 Å². The lowest BCUT2D eigenvalue weighted by Crippen LogP contribution is -2.62. The average Bonchev–Trinajstić information content (AvgIpc) is 3.87. The van der Waals surface area contributed by atoms with E-state index in [1.165, 1.54) is 24.8 Å². The van der Waals surface area contributed by atoms with Crippen LogP contribution in [0.2, 0.25) is 0 Å². The van der Waals surface area contributed by atoms with Gasteiger partial charge in [-0.15, -0.1) is 0 Å². The second-order valence-electron chi connectivity index (χ2n) is 18.5. The third-order valence-corrected chi connectivity index (χ3v) is 14.1. The fraction of sp³-hybridized carbons (Fsp3) is 0.583. The summed E-state index contributed by atoms with van der Waals surface area (Å²) in [6.45, 7) is 13.7. The number of rotatable bonds is 16. The van der Waals surface area contributed by atoms with Crippen LogP contribution in [-0.2, 0) is 22.6 Å². The first kappa shape index (κ1) is 43.1. The summed E-state index contributed by atoms with van der Waals surface area (Å²) in [7, 11) is 3.94. The lowest BCUT2D eigenvalue weighted by atomic mass is 9.45. The van der Waals surface area contributed by atoms with Gasteiger partial charge in [0.15, 0.2) is 0 Å². The molecule has 2 heterocycles. The molecule has 11 nitrogen and oxygen atoms in total. The number of carbonyl (C=O) groups is 2. The molecule has 2 bridgehead atoms. The van der Waals surface area contributed by atoms with Crippen LogP contribution in [0.1, 0.15) is 81.8 Å². The third kappa shape index (κ3) is 9.20. The topological polar surface area (TPSA) is 127 Å². The highest BCUT2D eigenvalue weighted by molar-refractivity contribution is 5.97. The van der Waals surface area contributed by atoms with Gasteiger partial charge >= 0.3 is 0 Å². The van der Waals surface area contributed by atoms with Crippen LogP contribution in [0.3, 0.4) is 0 Å². The van der Waals surface area contributed by atoms with Gasteiger partial charge in [-0.25, -0.2) is 0 Å². The molecular weight excluding hydrogens is 743 g/mol. The van der Waals surface area contributed by atoms with Gasteiger partial charge in [0, 0.05) is 61.0 Å². The molecule has 4 N–H and O–H groups in total. The highest BCUT2D eigenvalue weighted by atomic mass is 16.7. The predicted octanol–water partition coefficient (Wildman–Crippen LogP) is 5.92. The molecule has 2 unspecified atom stereocenters. The molecule has 2 amide bonds. The third-order valence-electron chi connectivity index (χ3n) is 14.1. The van der Waals surface area contributed by atoms with Crippen molar-refractivity contribution < 1.29 is 29.4 Å². The number of aliphatic hydroxyl groups is 2. The number of likely N-dealkylation sites (tertiary alicyclic amines) is 1. The molecule has 59 heavy (non-hydrogen) atoms. The number of hydrogen-bond acceptors (Lipinski definition) is 9. The van der Waals surface area contributed by atoms with Crippen LogP contribution in [0.15, 0.2) is 66.7 Å². The molecule has 3 aromatic carbocycles. The summed E-state index contributed by atoms with van der Waals surface area (Å²) in [6.07, 6.45) is 3.58. The number of hydroxylamine groups is 2. The predicted molar refractivity (Wildman–Crippen MR) is 232 cm³/mol. The highest BCUT2D eigenvalue weighted by Gasteiger charge is 2.57.